The molecule has 0 N–H and O–H groups in total. The first-order valence-corrected chi connectivity index (χ1v) is 11.5. The van der Waals surface area contributed by atoms with Crippen molar-refractivity contribution in [3.8, 4) is 11.4 Å². The van der Waals surface area contributed by atoms with Gasteiger partial charge in [0.25, 0.3) is 6.43 Å². The van der Waals surface area contributed by atoms with Crippen molar-refractivity contribution >= 4 is 12.0 Å². The third-order valence-corrected chi connectivity index (χ3v) is 5.37. The third-order valence-electron chi connectivity index (χ3n) is 5.37. The van der Waals surface area contributed by atoms with Crippen LogP contribution in [-0.4, -0.2) is 46.7 Å². The van der Waals surface area contributed by atoms with Gasteiger partial charge < -0.3 is 4.74 Å². The minimum Gasteiger partial charge on any atom is -0.421 e. The Hall–Kier alpha value is -3.05. The zero-order valence-electron chi connectivity index (χ0n) is 19.8. The van der Waals surface area contributed by atoms with Gasteiger partial charge in [-0.1, -0.05) is 56.9 Å². The third kappa shape index (κ3) is 8.22. The molecule has 0 aliphatic carbocycles. The first-order valence-electron chi connectivity index (χ1n) is 11.5. The van der Waals surface area contributed by atoms with Crippen molar-refractivity contribution in [2.75, 3.05) is 0 Å². The molecule has 0 fully saturated rings. The van der Waals surface area contributed by atoms with Crippen molar-refractivity contribution in [1.82, 2.24) is 9.97 Å². The van der Waals surface area contributed by atoms with E-state index in [0.29, 0.717) is 23.0 Å². The lowest BCUT2D eigenvalue weighted by atomic mass is 10.1. The van der Waals surface area contributed by atoms with Crippen molar-refractivity contribution in [2.24, 2.45) is 0 Å². The van der Waals surface area contributed by atoms with Crippen LogP contribution in [0.25, 0.3) is 17.5 Å². The fourth-order valence-electron chi connectivity index (χ4n) is 3.18. The van der Waals surface area contributed by atoms with Crippen molar-refractivity contribution < 1.29 is 44.7 Å². The van der Waals surface area contributed by atoms with Gasteiger partial charge in [0.05, 0.1) is 0 Å². The van der Waals surface area contributed by atoms with E-state index in [2.05, 4.69) is 21.6 Å². The highest BCUT2D eigenvalue weighted by molar-refractivity contribution is 5.87. The van der Waals surface area contributed by atoms with Gasteiger partial charge in [-0.15, -0.1) is 0 Å². The van der Waals surface area contributed by atoms with Crippen LogP contribution in [0.1, 0.15) is 50.2 Å². The summed E-state index contributed by atoms with van der Waals surface area (Å²) in [6, 6.07) is 6.14. The predicted molar refractivity (Wildman–Crippen MR) is 121 cm³/mol. The van der Waals surface area contributed by atoms with E-state index in [-0.39, 0.29) is 0 Å². The van der Waals surface area contributed by atoms with E-state index >= 15 is 0 Å². The van der Waals surface area contributed by atoms with Gasteiger partial charge in [0.2, 0.25) is 6.17 Å². The second-order valence-corrected chi connectivity index (χ2v) is 8.27. The molecule has 0 amide bonds. The smallest absolute Gasteiger partial charge is 0.378 e. The Labute approximate surface area is 208 Å². The number of unbranched alkanes of at least 4 members (excludes halogenated alkanes) is 4. The average Bonchev–Trinajstić information content (AvgIpc) is 2.87. The summed E-state index contributed by atoms with van der Waals surface area (Å²) >= 11 is 0. The Morgan fingerprint density at radius 3 is 2.08 bits per heavy atom. The van der Waals surface area contributed by atoms with Gasteiger partial charge in [-0.3, -0.25) is 0 Å². The first-order chi connectivity index (χ1) is 17.4. The zero-order chi connectivity index (χ0) is 27.6. The largest absolute Gasteiger partial charge is 0.421 e. The number of alkyl halides is 8. The molecular weight excluding hydrogens is 512 g/mol. The maximum Gasteiger partial charge on any atom is 0.378 e. The molecule has 0 spiro atoms. The maximum absolute atomic E-state index is 13.5. The minimum atomic E-state index is -6.12. The van der Waals surface area contributed by atoms with Gasteiger partial charge in [-0.2, -0.15) is 22.0 Å². The molecule has 37 heavy (non-hydrogen) atoms. The number of halogens is 8. The second-order valence-electron chi connectivity index (χ2n) is 8.27. The molecule has 12 heteroatoms. The fourth-order valence-corrected chi connectivity index (χ4v) is 3.18. The van der Waals surface area contributed by atoms with E-state index in [1.807, 2.05) is 0 Å². The number of aryl methyl sites for hydroxylation is 1. The van der Waals surface area contributed by atoms with Gasteiger partial charge in [-0.25, -0.2) is 27.9 Å². The standard InChI is InChI=1S/C25H26F8N2O2/c1-2-3-4-5-6-7-17-14-34-22(35-15-17)18-11-8-16(9-12-18)10-13-19(36)37-23(29)25(32,33)24(30,31)20(26)21(27)28/h8-15,20-21,23H,2-7H2,1H3. The first kappa shape index (κ1) is 30.2. The van der Waals surface area contributed by atoms with Crippen molar-refractivity contribution in [3.63, 3.8) is 0 Å². The molecule has 0 saturated carbocycles. The molecule has 4 nitrogen and oxygen atoms in total. The summed E-state index contributed by atoms with van der Waals surface area (Å²) < 4.78 is 107. The topological polar surface area (TPSA) is 52.1 Å². The highest BCUT2D eigenvalue weighted by Crippen LogP contribution is 2.44. The van der Waals surface area contributed by atoms with Gasteiger partial charge in [0, 0.05) is 24.0 Å². The van der Waals surface area contributed by atoms with Gasteiger partial charge in [-0.05, 0) is 30.0 Å². The summed E-state index contributed by atoms with van der Waals surface area (Å²) in [6.45, 7) is 2.15. The van der Waals surface area contributed by atoms with Crippen LogP contribution in [0, 0.1) is 0 Å². The van der Waals surface area contributed by atoms with E-state index in [9.17, 15) is 39.9 Å². The maximum atomic E-state index is 13.5. The van der Waals surface area contributed by atoms with E-state index in [1.165, 1.54) is 31.4 Å². The van der Waals surface area contributed by atoms with Crippen LogP contribution in [0.2, 0.25) is 0 Å². The molecule has 2 aromatic rings. The van der Waals surface area contributed by atoms with Crippen LogP contribution in [0.4, 0.5) is 35.1 Å². The van der Waals surface area contributed by atoms with Crippen molar-refractivity contribution in [2.45, 2.75) is 76.2 Å². The molecule has 0 aliphatic rings. The summed E-state index contributed by atoms with van der Waals surface area (Å²) in [7, 11) is 0. The summed E-state index contributed by atoms with van der Waals surface area (Å²) in [4.78, 5) is 20.2. The number of hydrogen-bond donors (Lipinski definition) is 0. The average molecular weight is 538 g/mol. The van der Waals surface area contributed by atoms with E-state index in [1.54, 1.807) is 24.5 Å². The molecule has 204 valence electrons. The molecule has 2 rings (SSSR count). The number of nitrogens with zero attached hydrogens (tertiary/aromatic N) is 2. The van der Waals surface area contributed by atoms with E-state index in [4.69, 9.17) is 0 Å². The van der Waals surface area contributed by atoms with Crippen LogP contribution in [-0.2, 0) is 16.0 Å². The predicted octanol–water partition coefficient (Wildman–Crippen LogP) is 7.38. The van der Waals surface area contributed by atoms with Gasteiger partial charge in [0.15, 0.2) is 5.82 Å². The molecule has 2 unspecified atom stereocenters. The van der Waals surface area contributed by atoms with Gasteiger partial charge in [0.1, 0.15) is 0 Å². The lowest BCUT2D eigenvalue weighted by molar-refractivity contribution is -0.312. The normalized spacial score (nSPS) is 14.2. The lowest BCUT2D eigenvalue weighted by Crippen LogP contribution is -2.56. The molecule has 0 bridgehead atoms. The molecule has 1 aromatic carbocycles. The quantitative estimate of drug-likeness (QED) is 0.109. The molecule has 0 radical (unpaired) electrons. The summed E-state index contributed by atoms with van der Waals surface area (Å²) in [5.41, 5.74) is 1.95. The second kappa shape index (κ2) is 13.5. The van der Waals surface area contributed by atoms with Crippen LogP contribution in [0.5, 0.6) is 0 Å². The number of rotatable bonds is 14. The van der Waals surface area contributed by atoms with Crippen LogP contribution >= 0.6 is 0 Å². The number of aromatic nitrogens is 2. The van der Waals surface area contributed by atoms with Crippen molar-refractivity contribution in [3.05, 3.63) is 53.9 Å². The number of carbonyl (C=O) groups excluding carboxylic acids is 1. The Balaban J connectivity index is 1.94. The van der Waals surface area contributed by atoms with E-state index in [0.717, 1.165) is 30.9 Å². The van der Waals surface area contributed by atoms with Crippen LogP contribution in [0.15, 0.2) is 42.7 Å². The minimum absolute atomic E-state index is 0.318. The summed E-state index contributed by atoms with van der Waals surface area (Å²) in [5.74, 6) is -13.5. The summed E-state index contributed by atoms with van der Waals surface area (Å²) in [5, 5.41) is 0. The number of carbonyl (C=O) groups is 1. The number of benzene rings is 1. The van der Waals surface area contributed by atoms with Crippen LogP contribution < -0.4 is 0 Å². The Kier molecular flexibility index (Phi) is 11.0. The lowest BCUT2D eigenvalue weighted by Gasteiger charge is -2.30. The SMILES string of the molecule is CCCCCCCc1cnc(-c2ccc(C=CC(=O)OC(F)C(F)(F)C(F)(F)C(F)C(F)F)cc2)nc1. The molecule has 1 aromatic heterocycles. The number of esters is 1. The highest BCUT2D eigenvalue weighted by atomic mass is 19.3. The molecule has 1 heterocycles. The molecule has 0 saturated heterocycles. The van der Waals surface area contributed by atoms with E-state index < -0.39 is 36.8 Å². The fraction of sp³-hybridized carbons (Fsp3) is 0.480. The Morgan fingerprint density at radius 1 is 0.919 bits per heavy atom. The Morgan fingerprint density at radius 2 is 1.51 bits per heavy atom. The Bertz CT molecular complexity index is 1010. The molecule has 2 atom stereocenters. The van der Waals surface area contributed by atoms with Gasteiger partial charge >= 0.3 is 24.2 Å². The monoisotopic (exact) mass is 538 g/mol. The highest BCUT2D eigenvalue weighted by Gasteiger charge is 2.70. The molecular formula is C25H26F8N2O2. The number of hydrogen-bond acceptors (Lipinski definition) is 4. The zero-order valence-corrected chi connectivity index (χ0v) is 19.8. The number of ether oxygens (including phenoxy) is 1. The molecule has 0 aliphatic heterocycles. The van der Waals surface area contributed by atoms with Crippen LogP contribution in [0.3, 0.4) is 0 Å². The summed E-state index contributed by atoms with van der Waals surface area (Å²) in [6.07, 6.45) is -2.00. The van der Waals surface area contributed by atoms with Crippen molar-refractivity contribution in [1.29, 1.82) is 0 Å².